The summed E-state index contributed by atoms with van der Waals surface area (Å²) in [6, 6.07) is 14.1. The van der Waals surface area contributed by atoms with Gasteiger partial charge < -0.3 is 14.6 Å². The number of likely N-dealkylation sites (N-methyl/N-ethyl adjacent to an activating group) is 1. The van der Waals surface area contributed by atoms with E-state index < -0.39 is 0 Å². The second kappa shape index (κ2) is 11.1. The Morgan fingerprint density at radius 2 is 2.12 bits per heavy atom. The van der Waals surface area contributed by atoms with Crippen LogP contribution in [0.1, 0.15) is 61.1 Å². The van der Waals surface area contributed by atoms with Crippen molar-refractivity contribution in [2.45, 2.75) is 45.8 Å². The molecule has 0 amide bonds. The zero-order chi connectivity index (χ0) is 24.0. The number of aliphatic hydroxyl groups is 1. The van der Waals surface area contributed by atoms with E-state index in [1.54, 1.807) is 19.2 Å². The minimum Gasteiger partial charge on any atom is -0.490 e. The average Bonchev–Trinajstić information content (AvgIpc) is 3.25. The largest absolute Gasteiger partial charge is 0.490 e. The highest BCUT2D eigenvalue weighted by molar-refractivity contribution is 5.98. The molecular formula is C27H33N3O3. The third-order valence-corrected chi connectivity index (χ3v) is 5.92. The fourth-order valence-electron chi connectivity index (χ4n) is 4.46. The van der Waals surface area contributed by atoms with Gasteiger partial charge in [-0.05, 0) is 62.6 Å². The molecule has 0 aromatic heterocycles. The quantitative estimate of drug-likeness (QED) is 0.445. The van der Waals surface area contributed by atoms with E-state index in [0.29, 0.717) is 41.1 Å². The molecule has 1 N–H and O–H groups in total. The van der Waals surface area contributed by atoms with E-state index in [1.807, 2.05) is 32.0 Å². The lowest BCUT2D eigenvalue weighted by Crippen LogP contribution is -2.30. The van der Waals surface area contributed by atoms with Gasteiger partial charge in [-0.15, -0.1) is 0 Å². The first kappa shape index (κ1) is 24.5. The van der Waals surface area contributed by atoms with E-state index in [0.717, 1.165) is 24.9 Å². The Balaban J connectivity index is 1.92. The molecule has 33 heavy (non-hydrogen) atoms. The third-order valence-electron chi connectivity index (χ3n) is 5.92. The number of rotatable bonds is 9. The number of ether oxygens (including phenoxy) is 2. The first-order valence-corrected chi connectivity index (χ1v) is 11.4. The fraction of sp³-hybridized carbons (Fsp3) is 0.407. The first-order chi connectivity index (χ1) is 15.9. The molecule has 6 nitrogen and oxygen atoms in total. The van der Waals surface area contributed by atoms with Crippen LogP contribution in [0.25, 0.3) is 5.70 Å². The molecule has 0 radical (unpaired) electrons. The smallest absolute Gasteiger partial charge is 0.221 e. The molecule has 0 aliphatic heterocycles. The van der Waals surface area contributed by atoms with Gasteiger partial charge in [-0.1, -0.05) is 31.7 Å². The predicted molar refractivity (Wildman–Crippen MR) is 131 cm³/mol. The number of nitriles is 1. The van der Waals surface area contributed by atoms with Crippen molar-refractivity contribution in [2.75, 3.05) is 26.8 Å². The molecule has 0 heterocycles. The number of aliphatic hydroxyl groups excluding tert-OH is 1. The minimum absolute atomic E-state index is 0.0247. The van der Waals surface area contributed by atoms with Gasteiger partial charge in [0.15, 0.2) is 0 Å². The normalized spacial score (nSPS) is 15.5. The number of fused-ring (bicyclic) bond motifs is 1. The molecule has 1 aliphatic carbocycles. The summed E-state index contributed by atoms with van der Waals surface area (Å²) in [6.07, 6.45) is 1.93. The Morgan fingerprint density at radius 3 is 2.76 bits per heavy atom. The number of benzene rings is 2. The summed E-state index contributed by atoms with van der Waals surface area (Å²) in [7, 11) is 1.57. The maximum atomic E-state index is 9.56. The number of nitrogens with zero attached hydrogens (tertiary/aromatic N) is 3. The van der Waals surface area contributed by atoms with Crippen LogP contribution in [-0.2, 0) is 11.2 Å². The molecule has 0 bridgehead atoms. The van der Waals surface area contributed by atoms with Gasteiger partial charge in [-0.2, -0.15) is 5.26 Å². The number of hydrogen-bond acceptors (Lipinski definition) is 6. The molecule has 2 aromatic rings. The Kier molecular flexibility index (Phi) is 8.26. The summed E-state index contributed by atoms with van der Waals surface area (Å²) >= 11 is 0. The van der Waals surface area contributed by atoms with E-state index in [4.69, 9.17) is 14.5 Å². The number of methoxy groups -OCH3 is 1. The van der Waals surface area contributed by atoms with Gasteiger partial charge in [0.05, 0.1) is 31.1 Å². The van der Waals surface area contributed by atoms with Gasteiger partial charge >= 0.3 is 0 Å². The van der Waals surface area contributed by atoms with Gasteiger partial charge in [-0.25, -0.2) is 4.99 Å². The average molecular weight is 448 g/mol. The van der Waals surface area contributed by atoms with Crippen molar-refractivity contribution in [2.24, 2.45) is 4.99 Å². The monoisotopic (exact) mass is 447 g/mol. The second-order valence-electron chi connectivity index (χ2n) is 8.34. The zero-order valence-corrected chi connectivity index (χ0v) is 20.0. The van der Waals surface area contributed by atoms with Crippen molar-refractivity contribution in [3.63, 3.8) is 0 Å². The Bertz CT molecular complexity index is 1070. The number of hydrogen-bond donors (Lipinski definition) is 1. The highest BCUT2D eigenvalue weighted by Crippen LogP contribution is 2.39. The number of aliphatic imine (C=N–C) groups is 1. The van der Waals surface area contributed by atoms with Crippen molar-refractivity contribution in [3.05, 3.63) is 70.8 Å². The van der Waals surface area contributed by atoms with Crippen molar-refractivity contribution < 1.29 is 14.6 Å². The SMILES string of the molecule is C=C(N=C(OC)c1ccc(OC(C)C)c(C#N)c1)c1cccc2c1CCC2N(CC)CCO. The predicted octanol–water partition coefficient (Wildman–Crippen LogP) is 4.71. The molecule has 3 rings (SSSR count). The van der Waals surface area contributed by atoms with Crippen LogP contribution >= 0.6 is 0 Å². The lowest BCUT2D eigenvalue weighted by molar-refractivity contribution is 0.156. The van der Waals surface area contributed by atoms with Gasteiger partial charge in [0.1, 0.15) is 11.8 Å². The van der Waals surface area contributed by atoms with Crippen molar-refractivity contribution in [1.82, 2.24) is 4.90 Å². The molecule has 0 fully saturated rings. The summed E-state index contributed by atoms with van der Waals surface area (Å²) in [6.45, 7) is 11.9. The fourth-order valence-corrected chi connectivity index (χ4v) is 4.46. The van der Waals surface area contributed by atoms with Crippen molar-refractivity contribution in [3.8, 4) is 11.8 Å². The lowest BCUT2D eigenvalue weighted by atomic mass is 10.00. The Hall–Kier alpha value is -3.14. The highest BCUT2D eigenvalue weighted by Gasteiger charge is 2.29. The van der Waals surface area contributed by atoms with E-state index >= 15 is 0 Å². The molecule has 2 aromatic carbocycles. The van der Waals surface area contributed by atoms with Gasteiger partial charge in [-0.3, -0.25) is 4.90 Å². The Morgan fingerprint density at radius 1 is 1.33 bits per heavy atom. The molecule has 0 saturated carbocycles. The van der Waals surface area contributed by atoms with Crippen LogP contribution in [-0.4, -0.2) is 48.8 Å². The summed E-state index contributed by atoms with van der Waals surface area (Å²) in [5.74, 6) is 0.941. The van der Waals surface area contributed by atoms with Gasteiger partial charge in [0.2, 0.25) is 5.90 Å². The van der Waals surface area contributed by atoms with Gasteiger partial charge in [0.25, 0.3) is 0 Å². The molecule has 1 atom stereocenters. The van der Waals surface area contributed by atoms with E-state index in [2.05, 4.69) is 30.5 Å². The maximum absolute atomic E-state index is 9.56. The summed E-state index contributed by atoms with van der Waals surface area (Å²) in [5, 5.41) is 19.0. The molecule has 1 aliphatic rings. The van der Waals surface area contributed by atoms with E-state index in [1.165, 1.54) is 11.1 Å². The molecule has 174 valence electrons. The third kappa shape index (κ3) is 5.44. The van der Waals surface area contributed by atoms with Crippen LogP contribution in [0.3, 0.4) is 0 Å². The Labute approximate surface area is 196 Å². The van der Waals surface area contributed by atoms with Crippen molar-refractivity contribution in [1.29, 1.82) is 5.26 Å². The van der Waals surface area contributed by atoms with Crippen LogP contribution in [0.4, 0.5) is 0 Å². The van der Waals surface area contributed by atoms with E-state index in [9.17, 15) is 10.4 Å². The maximum Gasteiger partial charge on any atom is 0.221 e. The minimum atomic E-state index is -0.0247. The van der Waals surface area contributed by atoms with Crippen LogP contribution in [0.15, 0.2) is 48.0 Å². The summed E-state index contributed by atoms with van der Waals surface area (Å²) in [4.78, 5) is 7.01. The second-order valence-corrected chi connectivity index (χ2v) is 8.34. The highest BCUT2D eigenvalue weighted by atomic mass is 16.5. The first-order valence-electron chi connectivity index (χ1n) is 11.4. The molecule has 0 spiro atoms. The molecule has 1 unspecified atom stereocenters. The summed E-state index contributed by atoms with van der Waals surface area (Å²) < 4.78 is 11.3. The van der Waals surface area contributed by atoms with Crippen LogP contribution in [0.2, 0.25) is 0 Å². The standard InChI is InChI=1S/C27H33N3O3/c1-6-30(14-15-31)25-12-11-23-22(8-7-9-24(23)25)19(4)29-27(32-5)20-10-13-26(33-18(2)3)21(16-20)17-28/h7-10,13,16,18,25,31H,4,6,11-12,14-15H2,1-3,5H3. The van der Waals surface area contributed by atoms with Crippen LogP contribution in [0, 0.1) is 11.3 Å². The topological polar surface area (TPSA) is 78.1 Å². The van der Waals surface area contributed by atoms with Crippen LogP contribution in [0.5, 0.6) is 5.75 Å². The lowest BCUT2D eigenvalue weighted by Gasteiger charge is -2.27. The molecule has 0 saturated heterocycles. The van der Waals surface area contributed by atoms with Crippen LogP contribution < -0.4 is 4.74 Å². The zero-order valence-electron chi connectivity index (χ0n) is 20.0. The molecule has 6 heteroatoms. The van der Waals surface area contributed by atoms with Crippen molar-refractivity contribution >= 4 is 11.6 Å². The summed E-state index contributed by atoms with van der Waals surface area (Å²) in [5.41, 5.74) is 5.28. The molecular weight excluding hydrogens is 414 g/mol. The van der Waals surface area contributed by atoms with E-state index in [-0.39, 0.29) is 12.7 Å². The van der Waals surface area contributed by atoms with Gasteiger partial charge in [0, 0.05) is 23.7 Å².